The molecule has 5 heteroatoms. The van der Waals surface area contributed by atoms with Gasteiger partial charge in [-0.1, -0.05) is 5.16 Å². The molecule has 1 aromatic heterocycles. The van der Waals surface area contributed by atoms with Crippen molar-refractivity contribution >= 4 is 0 Å². The van der Waals surface area contributed by atoms with Crippen LogP contribution in [0.3, 0.4) is 0 Å². The Kier molecular flexibility index (Phi) is 4.91. The number of nitrogens with zero attached hydrogens (tertiary/aromatic N) is 3. The second-order valence-electron chi connectivity index (χ2n) is 8.83. The predicted octanol–water partition coefficient (Wildman–Crippen LogP) is 3.00. The summed E-state index contributed by atoms with van der Waals surface area (Å²) in [4.78, 5) is 5.13. The van der Waals surface area contributed by atoms with Crippen LogP contribution in [0.25, 0.3) is 0 Å². The molecule has 1 saturated carbocycles. The smallest absolute Gasteiger partial charge is 0.138 e. The number of ether oxygens (including phenoxy) is 1. The van der Waals surface area contributed by atoms with Crippen LogP contribution in [0, 0.1) is 25.2 Å². The quantitative estimate of drug-likeness (QED) is 0.791. The minimum Gasteiger partial charge on any atom is -0.380 e. The Bertz CT molecular complexity index is 568. The molecule has 0 N–H and O–H groups in total. The fourth-order valence-electron chi connectivity index (χ4n) is 4.72. The van der Waals surface area contributed by atoms with Gasteiger partial charge in [-0.05, 0) is 77.4 Å². The molecule has 3 aliphatic rings. The molecule has 140 valence electrons. The summed E-state index contributed by atoms with van der Waals surface area (Å²) in [5.74, 6) is 1.85. The summed E-state index contributed by atoms with van der Waals surface area (Å²) in [6, 6.07) is 0.618. The summed E-state index contributed by atoms with van der Waals surface area (Å²) in [5.41, 5.74) is 2.84. The summed E-state index contributed by atoms with van der Waals surface area (Å²) >= 11 is 0. The predicted molar refractivity (Wildman–Crippen MR) is 97.5 cm³/mol. The Balaban J connectivity index is 1.27. The number of rotatable bonds is 6. The Morgan fingerprint density at radius 3 is 2.60 bits per heavy atom. The van der Waals surface area contributed by atoms with E-state index in [1.165, 1.54) is 57.3 Å². The summed E-state index contributed by atoms with van der Waals surface area (Å²) in [5, 5.41) is 4.10. The highest BCUT2D eigenvalue weighted by atomic mass is 16.5. The largest absolute Gasteiger partial charge is 0.380 e. The van der Waals surface area contributed by atoms with Gasteiger partial charge in [-0.15, -0.1) is 0 Å². The van der Waals surface area contributed by atoms with E-state index in [0.717, 1.165) is 37.1 Å². The Hall–Kier alpha value is -0.910. The van der Waals surface area contributed by atoms with Gasteiger partial charge in [0.15, 0.2) is 0 Å². The molecule has 4 rings (SSSR count). The zero-order valence-corrected chi connectivity index (χ0v) is 16.1. The van der Waals surface area contributed by atoms with Gasteiger partial charge >= 0.3 is 0 Å². The fraction of sp³-hybridized carbons (Fsp3) is 0.850. The van der Waals surface area contributed by atoms with Gasteiger partial charge in [0.2, 0.25) is 0 Å². The first-order chi connectivity index (χ1) is 12.0. The zero-order chi connectivity index (χ0) is 17.4. The first kappa shape index (κ1) is 17.5. The van der Waals surface area contributed by atoms with E-state index in [-0.39, 0.29) is 0 Å². The van der Waals surface area contributed by atoms with Gasteiger partial charge in [-0.25, -0.2) is 0 Å². The first-order valence-corrected chi connectivity index (χ1v) is 9.97. The maximum absolute atomic E-state index is 5.99. The minimum atomic E-state index is 0.512. The average molecular weight is 348 g/mol. The lowest BCUT2D eigenvalue weighted by Crippen LogP contribution is -2.41. The Morgan fingerprint density at radius 1 is 1.20 bits per heavy atom. The van der Waals surface area contributed by atoms with Crippen molar-refractivity contribution in [2.75, 3.05) is 39.9 Å². The second kappa shape index (κ2) is 7.01. The molecule has 1 atom stereocenters. The van der Waals surface area contributed by atoms with Crippen LogP contribution in [0.15, 0.2) is 4.52 Å². The van der Waals surface area contributed by atoms with E-state index in [9.17, 15) is 0 Å². The van der Waals surface area contributed by atoms with Gasteiger partial charge in [0.25, 0.3) is 0 Å². The van der Waals surface area contributed by atoms with E-state index in [1.807, 2.05) is 6.92 Å². The summed E-state index contributed by atoms with van der Waals surface area (Å²) in [6.07, 6.45) is 6.68. The monoisotopic (exact) mass is 347 g/mol. The Morgan fingerprint density at radius 2 is 1.96 bits per heavy atom. The first-order valence-electron chi connectivity index (χ1n) is 9.97. The Labute approximate surface area is 151 Å². The summed E-state index contributed by atoms with van der Waals surface area (Å²) in [6.45, 7) is 10.6. The van der Waals surface area contributed by atoms with Crippen LogP contribution in [-0.2, 0) is 11.3 Å². The molecule has 0 radical (unpaired) electrons. The molecule has 1 spiro atoms. The van der Waals surface area contributed by atoms with Crippen LogP contribution < -0.4 is 0 Å². The van der Waals surface area contributed by atoms with Gasteiger partial charge in [0.1, 0.15) is 5.76 Å². The summed E-state index contributed by atoms with van der Waals surface area (Å²) in [7, 11) is 2.29. The van der Waals surface area contributed by atoms with Crippen LogP contribution in [-0.4, -0.2) is 60.9 Å². The molecule has 3 heterocycles. The molecule has 0 amide bonds. The minimum absolute atomic E-state index is 0.512. The molecule has 2 saturated heterocycles. The highest BCUT2D eigenvalue weighted by molar-refractivity contribution is 5.20. The number of aromatic nitrogens is 1. The fourth-order valence-corrected chi connectivity index (χ4v) is 4.72. The highest BCUT2D eigenvalue weighted by Gasteiger charge is 2.44. The second-order valence-corrected chi connectivity index (χ2v) is 8.83. The SMILES string of the molecule is Cc1noc(C)c1CN1CCC2(CC1)C[C@@H](COCC1CC1)N(C)C2. The van der Waals surface area contributed by atoms with Gasteiger partial charge in [0, 0.05) is 31.3 Å². The van der Waals surface area contributed by atoms with Crippen molar-refractivity contribution in [1.29, 1.82) is 0 Å². The topological polar surface area (TPSA) is 41.7 Å². The molecular weight excluding hydrogens is 314 g/mol. The molecular formula is C20H33N3O2. The van der Waals surface area contributed by atoms with E-state index in [0.29, 0.717) is 11.5 Å². The number of aryl methyl sites for hydroxylation is 2. The normalized spacial score (nSPS) is 27.4. The third-order valence-corrected chi connectivity index (χ3v) is 6.72. The average Bonchev–Trinajstić information content (AvgIpc) is 3.30. The van der Waals surface area contributed by atoms with Gasteiger partial charge < -0.3 is 14.2 Å². The van der Waals surface area contributed by atoms with Crippen LogP contribution in [0.1, 0.15) is 49.1 Å². The lowest BCUT2D eigenvalue weighted by atomic mass is 9.76. The van der Waals surface area contributed by atoms with Crippen molar-refractivity contribution in [3.8, 4) is 0 Å². The molecule has 3 fully saturated rings. The van der Waals surface area contributed by atoms with Crippen molar-refractivity contribution in [3.05, 3.63) is 17.0 Å². The molecule has 1 aliphatic carbocycles. The van der Waals surface area contributed by atoms with Crippen LogP contribution >= 0.6 is 0 Å². The maximum atomic E-state index is 5.99. The van der Waals surface area contributed by atoms with Crippen LogP contribution in [0.4, 0.5) is 0 Å². The van der Waals surface area contributed by atoms with Crippen molar-refractivity contribution in [3.63, 3.8) is 0 Å². The van der Waals surface area contributed by atoms with E-state index >= 15 is 0 Å². The highest BCUT2D eigenvalue weighted by Crippen LogP contribution is 2.43. The van der Waals surface area contributed by atoms with Crippen LogP contribution in [0.2, 0.25) is 0 Å². The van der Waals surface area contributed by atoms with Gasteiger partial charge in [0.05, 0.1) is 12.3 Å². The number of hydrogen-bond donors (Lipinski definition) is 0. The van der Waals surface area contributed by atoms with E-state index in [2.05, 4.69) is 28.9 Å². The van der Waals surface area contributed by atoms with Crippen molar-refractivity contribution in [2.45, 2.75) is 58.5 Å². The summed E-state index contributed by atoms with van der Waals surface area (Å²) < 4.78 is 11.3. The molecule has 0 bridgehead atoms. The molecule has 1 aromatic rings. The maximum Gasteiger partial charge on any atom is 0.138 e. The van der Waals surface area contributed by atoms with E-state index in [1.54, 1.807) is 0 Å². The van der Waals surface area contributed by atoms with Crippen LogP contribution in [0.5, 0.6) is 0 Å². The molecule has 2 aliphatic heterocycles. The molecule has 0 unspecified atom stereocenters. The lowest BCUT2D eigenvalue weighted by molar-refractivity contribution is 0.0776. The van der Waals surface area contributed by atoms with Crippen molar-refractivity contribution < 1.29 is 9.26 Å². The van der Waals surface area contributed by atoms with E-state index in [4.69, 9.17) is 9.26 Å². The zero-order valence-electron chi connectivity index (χ0n) is 16.1. The van der Waals surface area contributed by atoms with Crippen molar-refractivity contribution in [2.24, 2.45) is 11.3 Å². The number of piperidine rings is 1. The number of likely N-dealkylation sites (N-methyl/N-ethyl adjacent to an activating group) is 1. The number of likely N-dealkylation sites (tertiary alicyclic amines) is 2. The van der Waals surface area contributed by atoms with Crippen molar-refractivity contribution in [1.82, 2.24) is 15.0 Å². The third-order valence-electron chi connectivity index (χ3n) is 6.72. The van der Waals surface area contributed by atoms with Gasteiger partial charge in [-0.2, -0.15) is 0 Å². The van der Waals surface area contributed by atoms with Gasteiger partial charge in [-0.3, -0.25) is 4.90 Å². The number of hydrogen-bond acceptors (Lipinski definition) is 5. The molecule has 25 heavy (non-hydrogen) atoms. The standard InChI is InChI=1S/C20H33N3O2/c1-15-19(16(2)25-21-15)11-23-8-6-20(7-9-23)10-18(22(3)14-20)13-24-12-17-4-5-17/h17-18H,4-14H2,1-3H3/t18-/m0/s1. The van der Waals surface area contributed by atoms with E-state index < -0.39 is 0 Å². The molecule has 5 nitrogen and oxygen atoms in total. The third kappa shape index (κ3) is 3.93. The molecule has 0 aromatic carbocycles. The lowest BCUT2D eigenvalue weighted by Gasteiger charge is -2.39.